The van der Waals surface area contributed by atoms with Gasteiger partial charge in [-0.3, -0.25) is 0 Å². The van der Waals surface area contributed by atoms with Gasteiger partial charge in [-0.05, 0) is 18.1 Å². The van der Waals surface area contributed by atoms with Crippen LogP contribution in [-0.2, 0) is 6.42 Å². The number of aromatic nitrogens is 2. The van der Waals surface area contributed by atoms with E-state index in [2.05, 4.69) is 5.10 Å². The van der Waals surface area contributed by atoms with Crippen LogP contribution >= 0.6 is 0 Å². The fraction of sp³-hybridized carbons (Fsp3) is 0.167. The summed E-state index contributed by atoms with van der Waals surface area (Å²) in [5, 5.41) is 12.7. The van der Waals surface area contributed by atoms with Crippen molar-refractivity contribution in [2.75, 3.05) is 0 Å². The van der Waals surface area contributed by atoms with Crippen molar-refractivity contribution < 1.29 is 9.90 Å². The molecule has 0 unspecified atom stereocenters. The van der Waals surface area contributed by atoms with Crippen LogP contribution in [0.4, 0.5) is 4.79 Å². The third-order valence-electron chi connectivity index (χ3n) is 2.43. The number of carboxylic acid groups (broad SMARTS) is 1. The first-order valence-electron chi connectivity index (χ1n) is 4.99. The molecule has 0 aliphatic carbocycles. The molecule has 4 heteroatoms. The van der Waals surface area contributed by atoms with Crippen molar-refractivity contribution in [2.45, 2.75) is 13.3 Å². The maximum Gasteiger partial charge on any atom is 0.432 e. The zero-order chi connectivity index (χ0) is 11.5. The molecule has 0 aliphatic heterocycles. The minimum absolute atomic E-state index is 0.708. The van der Waals surface area contributed by atoms with E-state index in [1.807, 2.05) is 37.3 Å². The summed E-state index contributed by atoms with van der Waals surface area (Å²) in [6.07, 6.45) is 1.22. The molecule has 0 radical (unpaired) electrons. The Kier molecular flexibility index (Phi) is 2.72. The van der Waals surface area contributed by atoms with Gasteiger partial charge in [0, 0.05) is 12.6 Å². The van der Waals surface area contributed by atoms with Gasteiger partial charge in [0.1, 0.15) is 0 Å². The average Bonchev–Trinajstić information content (AvgIpc) is 2.62. The van der Waals surface area contributed by atoms with E-state index in [0.717, 1.165) is 21.5 Å². The summed E-state index contributed by atoms with van der Waals surface area (Å²) in [5.41, 5.74) is 2.84. The van der Waals surface area contributed by atoms with Gasteiger partial charge in [-0.1, -0.05) is 30.3 Å². The lowest BCUT2D eigenvalue weighted by Crippen LogP contribution is -2.07. The number of hydrogen-bond acceptors (Lipinski definition) is 2. The molecular formula is C12H12N2O2. The molecule has 0 saturated carbocycles. The van der Waals surface area contributed by atoms with Gasteiger partial charge in [-0.2, -0.15) is 9.78 Å². The molecule has 0 bridgehead atoms. The van der Waals surface area contributed by atoms with Gasteiger partial charge in [0.05, 0.1) is 5.69 Å². The highest BCUT2D eigenvalue weighted by atomic mass is 16.4. The third kappa shape index (κ3) is 2.11. The predicted molar refractivity (Wildman–Crippen MR) is 59.6 cm³/mol. The van der Waals surface area contributed by atoms with Crippen LogP contribution in [0.1, 0.15) is 16.8 Å². The lowest BCUT2D eigenvalue weighted by Gasteiger charge is -1.98. The minimum Gasteiger partial charge on any atom is -0.463 e. The number of benzene rings is 1. The summed E-state index contributed by atoms with van der Waals surface area (Å²) in [4.78, 5) is 10.7. The molecule has 0 saturated heterocycles. The standard InChI is InChI=1S/C12H12N2O2/c1-9-11(8-14(13-9)12(15)16)7-10-5-3-2-4-6-10/h2-6,8H,7H2,1H3,(H,15,16). The maximum absolute atomic E-state index is 10.7. The van der Waals surface area contributed by atoms with Gasteiger partial charge >= 0.3 is 6.09 Å². The summed E-state index contributed by atoms with van der Waals surface area (Å²) in [7, 11) is 0. The van der Waals surface area contributed by atoms with Crippen molar-refractivity contribution >= 4 is 6.09 Å². The van der Waals surface area contributed by atoms with Crippen molar-refractivity contribution in [1.29, 1.82) is 0 Å². The van der Waals surface area contributed by atoms with E-state index >= 15 is 0 Å². The molecular weight excluding hydrogens is 204 g/mol. The average molecular weight is 216 g/mol. The van der Waals surface area contributed by atoms with Crippen LogP contribution in [0.5, 0.6) is 0 Å². The summed E-state index contributed by atoms with van der Waals surface area (Å²) < 4.78 is 0.952. The number of rotatable bonds is 2. The topological polar surface area (TPSA) is 55.1 Å². The van der Waals surface area contributed by atoms with Crippen molar-refractivity contribution in [3.63, 3.8) is 0 Å². The first-order chi connectivity index (χ1) is 7.66. The van der Waals surface area contributed by atoms with E-state index in [0.29, 0.717) is 6.42 Å². The van der Waals surface area contributed by atoms with Gasteiger partial charge in [0.15, 0.2) is 0 Å². The molecule has 0 amide bonds. The quantitative estimate of drug-likeness (QED) is 0.838. The lowest BCUT2D eigenvalue weighted by atomic mass is 10.1. The summed E-state index contributed by atoms with van der Waals surface area (Å²) in [6, 6.07) is 9.91. The Balaban J connectivity index is 2.25. The molecule has 82 valence electrons. The molecule has 2 aromatic rings. The van der Waals surface area contributed by atoms with Gasteiger partial charge in [0.2, 0.25) is 0 Å². The number of aryl methyl sites for hydroxylation is 1. The molecule has 2 rings (SSSR count). The molecule has 1 aromatic carbocycles. The van der Waals surface area contributed by atoms with E-state index in [1.165, 1.54) is 0 Å². The number of hydrogen-bond donors (Lipinski definition) is 1. The highest BCUT2D eigenvalue weighted by Gasteiger charge is 2.09. The van der Waals surface area contributed by atoms with Gasteiger partial charge in [-0.25, -0.2) is 4.79 Å². The lowest BCUT2D eigenvalue weighted by molar-refractivity contribution is 0.192. The van der Waals surface area contributed by atoms with E-state index in [4.69, 9.17) is 5.11 Å². The SMILES string of the molecule is Cc1nn(C(=O)O)cc1Cc1ccccc1. The Morgan fingerprint density at radius 3 is 2.62 bits per heavy atom. The fourth-order valence-corrected chi connectivity index (χ4v) is 1.58. The molecule has 4 nitrogen and oxygen atoms in total. The normalized spacial score (nSPS) is 10.3. The highest BCUT2D eigenvalue weighted by molar-refractivity contribution is 5.67. The zero-order valence-corrected chi connectivity index (χ0v) is 8.92. The first-order valence-corrected chi connectivity index (χ1v) is 4.99. The van der Waals surface area contributed by atoms with Crippen molar-refractivity contribution in [1.82, 2.24) is 9.78 Å². The second-order valence-corrected chi connectivity index (χ2v) is 3.63. The molecule has 0 aliphatic rings. The third-order valence-corrected chi connectivity index (χ3v) is 2.43. The van der Waals surface area contributed by atoms with Crippen molar-refractivity contribution in [2.24, 2.45) is 0 Å². The fourth-order valence-electron chi connectivity index (χ4n) is 1.58. The monoisotopic (exact) mass is 216 g/mol. The Bertz CT molecular complexity index is 503. The zero-order valence-electron chi connectivity index (χ0n) is 8.92. The number of carbonyl (C=O) groups is 1. The Morgan fingerprint density at radius 2 is 2.06 bits per heavy atom. The van der Waals surface area contributed by atoms with Crippen LogP contribution < -0.4 is 0 Å². The molecule has 0 fully saturated rings. The summed E-state index contributed by atoms with van der Waals surface area (Å²) in [5.74, 6) is 0. The van der Waals surface area contributed by atoms with Crippen LogP contribution in [-0.4, -0.2) is 21.0 Å². The van der Waals surface area contributed by atoms with E-state index in [-0.39, 0.29) is 0 Å². The Labute approximate surface area is 93.1 Å². The Hall–Kier alpha value is -2.10. The van der Waals surface area contributed by atoms with Crippen LogP contribution in [0.3, 0.4) is 0 Å². The van der Waals surface area contributed by atoms with Crippen LogP contribution in [0, 0.1) is 6.92 Å². The molecule has 1 heterocycles. The molecule has 16 heavy (non-hydrogen) atoms. The first kappa shape index (κ1) is 10.4. The second kappa shape index (κ2) is 4.18. The van der Waals surface area contributed by atoms with E-state index in [9.17, 15) is 4.79 Å². The summed E-state index contributed by atoms with van der Waals surface area (Å²) >= 11 is 0. The van der Waals surface area contributed by atoms with Gasteiger partial charge < -0.3 is 5.11 Å². The van der Waals surface area contributed by atoms with Crippen LogP contribution in [0.15, 0.2) is 36.5 Å². The van der Waals surface area contributed by atoms with Gasteiger partial charge in [0.25, 0.3) is 0 Å². The Morgan fingerprint density at radius 1 is 1.38 bits per heavy atom. The van der Waals surface area contributed by atoms with Crippen molar-refractivity contribution in [3.05, 3.63) is 53.3 Å². The van der Waals surface area contributed by atoms with E-state index in [1.54, 1.807) is 6.20 Å². The van der Waals surface area contributed by atoms with Crippen LogP contribution in [0.2, 0.25) is 0 Å². The largest absolute Gasteiger partial charge is 0.463 e. The molecule has 1 aromatic heterocycles. The molecule has 0 spiro atoms. The minimum atomic E-state index is -1.05. The molecule has 0 atom stereocenters. The second-order valence-electron chi connectivity index (χ2n) is 3.63. The van der Waals surface area contributed by atoms with Crippen molar-refractivity contribution in [3.8, 4) is 0 Å². The molecule has 1 N–H and O–H groups in total. The smallest absolute Gasteiger partial charge is 0.432 e. The van der Waals surface area contributed by atoms with Gasteiger partial charge in [-0.15, -0.1) is 0 Å². The number of nitrogens with zero attached hydrogens (tertiary/aromatic N) is 2. The van der Waals surface area contributed by atoms with Crippen LogP contribution in [0.25, 0.3) is 0 Å². The summed E-state index contributed by atoms with van der Waals surface area (Å²) in [6.45, 7) is 1.82. The van der Waals surface area contributed by atoms with E-state index < -0.39 is 6.09 Å². The predicted octanol–water partition coefficient (Wildman–Crippen LogP) is 2.31. The highest BCUT2D eigenvalue weighted by Crippen LogP contribution is 2.12. The maximum atomic E-state index is 10.7.